The minimum atomic E-state index is -0.333. The van der Waals surface area contributed by atoms with Gasteiger partial charge in [-0.25, -0.2) is 9.97 Å². The van der Waals surface area contributed by atoms with Crippen LogP contribution in [0.15, 0.2) is 162 Å². The largest absolute Gasteiger partial charge is 0.454 e. The molecule has 1 aliphatic rings. The number of nitrogens with zero attached hydrogens (tertiary/aromatic N) is 3. The number of fused-ring (bicyclic) bond motifs is 13. The fourth-order valence-electron chi connectivity index (χ4n) is 8.44. The maximum atomic E-state index is 7.03. The molecule has 0 aliphatic carbocycles. The Morgan fingerprint density at radius 2 is 1.17 bits per heavy atom. The van der Waals surface area contributed by atoms with Gasteiger partial charge in [-0.3, -0.25) is 0 Å². The van der Waals surface area contributed by atoms with Crippen molar-refractivity contribution in [3.8, 4) is 22.4 Å². The van der Waals surface area contributed by atoms with E-state index in [0.29, 0.717) is 16.9 Å². The summed E-state index contributed by atoms with van der Waals surface area (Å²) in [5.41, 5.74) is 11.1. The van der Waals surface area contributed by atoms with E-state index in [2.05, 4.69) is 108 Å². The normalized spacial score (nSPS) is 12.6. The Balaban J connectivity index is 1.36. The molecule has 4 radical (unpaired) electrons. The highest BCUT2D eigenvalue weighted by atomic mass is 16.3. The molecule has 2 aromatic heterocycles. The zero-order chi connectivity index (χ0) is 35.2. The van der Waals surface area contributed by atoms with Crippen molar-refractivity contribution in [2.75, 3.05) is 4.81 Å². The van der Waals surface area contributed by atoms with Gasteiger partial charge in [0.05, 0.1) is 16.9 Å². The van der Waals surface area contributed by atoms with Gasteiger partial charge in [0.25, 0.3) is 0 Å². The highest BCUT2D eigenvalue weighted by molar-refractivity contribution is 6.91. The summed E-state index contributed by atoms with van der Waals surface area (Å²) in [5.74, 6) is 0.564. The minimum absolute atomic E-state index is 0.333. The fourth-order valence-corrected chi connectivity index (χ4v) is 8.44. The quantitative estimate of drug-likeness (QED) is 0.179. The number of benzene rings is 8. The maximum Gasteiger partial charge on any atom is 0.332 e. The van der Waals surface area contributed by atoms with Crippen LogP contribution in [0.4, 0.5) is 11.6 Å². The molecule has 0 spiro atoms. The number of aromatic nitrogens is 2. The zero-order valence-electron chi connectivity index (χ0n) is 28.5. The van der Waals surface area contributed by atoms with Crippen LogP contribution in [0.3, 0.4) is 0 Å². The van der Waals surface area contributed by atoms with E-state index in [9.17, 15) is 0 Å². The summed E-state index contributed by atoms with van der Waals surface area (Å²) in [4.78, 5) is 13.2. The standard InChI is InChI=1S/C46H26B3N3O/c47-29-20-17-28(18-21-29)43-35-13-5-7-15-38(35)50-46(51-43)52-44-42(34-12-4-3-11-33(34)40-36-14-6-8-16-39(36)53-45(40)44)41-32-10-2-1-9-27(32)19-26-37(41)49(52)31-24-22-30(48)23-25-31/h1-26H. The van der Waals surface area contributed by atoms with Gasteiger partial charge >= 0.3 is 6.85 Å². The van der Waals surface area contributed by atoms with Crippen LogP contribution in [-0.4, -0.2) is 32.5 Å². The first-order valence-corrected chi connectivity index (χ1v) is 17.8. The molecule has 0 fully saturated rings. The van der Waals surface area contributed by atoms with Crippen molar-refractivity contribution >= 4 is 110 Å². The number of hydrogen-bond acceptors (Lipinski definition) is 4. The molecular weight excluding hydrogens is 643 g/mol. The second kappa shape index (κ2) is 11.5. The number of rotatable bonds is 3. The third-order valence-corrected chi connectivity index (χ3v) is 10.8. The Labute approximate surface area is 308 Å². The van der Waals surface area contributed by atoms with Crippen LogP contribution in [0.1, 0.15) is 0 Å². The molecule has 10 aromatic rings. The molecule has 8 aromatic carbocycles. The average molecular weight is 669 g/mol. The summed E-state index contributed by atoms with van der Waals surface area (Å²) in [6.07, 6.45) is 0. The molecule has 11 rings (SSSR count). The maximum absolute atomic E-state index is 7.03. The average Bonchev–Trinajstić information content (AvgIpc) is 3.60. The highest BCUT2D eigenvalue weighted by Crippen LogP contribution is 2.52. The predicted molar refractivity (Wildman–Crippen MR) is 224 cm³/mol. The lowest BCUT2D eigenvalue weighted by Gasteiger charge is -2.38. The van der Waals surface area contributed by atoms with Gasteiger partial charge < -0.3 is 9.23 Å². The molecule has 0 N–H and O–H groups in total. The number of anilines is 2. The summed E-state index contributed by atoms with van der Waals surface area (Å²) in [6, 6.07) is 54.4. The van der Waals surface area contributed by atoms with Crippen LogP contribution >= 0.6 is 0 Å². The molecule has 0 unspecified atom stereocenters. The van der Waals surface area contributed by atoms with Gasteiger partial charge in [-0.2, -0.15) is 0 Å². The lowest BCUT2D eigenvalue weighted by Crippen LogP contribution is -2.58. The van der Waals surface area contributed by atoms with E-state index in [1.54, 1.807) is 0 Å². The monoisotopic (exact) mass is 669 g/mol. The predicted octanol–water partition coefficient (Wildman–Crippen LogP) is 8.01. The molecule has 1 aliphatic heterocycles. The van der Waals surface area contributed by atoms with Crippen LogP contribution in [-0.2, 0) is 0 Å². The summed E-state index contributed by atoms with van der Waals surface area (Å²) < 4.78 is 7.03. The van der Waals surface area contributed by atoms with Crippen LogP contribution in [0, 0.1) is 0 Å². The SMILES string of the molecule is [B]c1ccc(B2c3ccc4ccccc4c3-c3c(c4oc5ccccc5c4c4ccccc34)N2c2nc(-c3ccc([B])cc3)c3ccccc3n2)cc1. The van der Waals surface area contributed by atoms with E-state index in [-0.39, 0.29) is 6.85 Å². The fraction of sp³-hybridized carbons (Fsp3) is 0. The van der Waals surface area contributed by atoms with Crippen molar-refractivity contribution < 1.29 is 4.42 Å². The van der Waals surface area contributed by atoms with E-state index < -0.39 is 0 Å². The Bertz CT molecular complexity index is 3100. The first kappa shape index (κ1) is 30.1. The molecule has 0 saturated carbocycles. The van der Waals surface area contributed by atoms with Gasteiger partial charge in [-0.05, 0) is 44.7 Å². The van der Waals surface area contributed by atoms with Crippen LogP contribution in [0.25, 0.3) is 76.8 Å². The molecule has 3 heterocycles. The van der Waals surface area contributed by atoms with Crippen molar-refractivity contribution in [2.45, 2.75) is 0 Å². The van der Waals surface area contributed by atoms with Gasteiger partial charge in [0.15, 0.2) is 5.58 Å². The van der Waals surface area contributed by atoms with Crippen molar-refractivity contribution in [2.24, 2.45) is 0 Å². The van der Waals surface area contributed by atoms with E-state index in [0.717, 1.165) is 77.0 Å². The van der Waals surface area contributed by atoms with Crippen LogP contribution in [0.5, 0.6) is 0 Å². The van der Waals surface area contributed by atoms with Crippen molar-refractivity contribution in [3.05, 3.63) is 158 Å². The van der Waals surface area contributed by atoms with Gasteiger partial charge in [-0.15, -0.1) is 0 Å². The van der Waals surface area contributed by atoms with E-state index in [4.69, 9.17) is 30.1 Å². The Hall–Kier alpha value is -6.59. The molecule has 0 amide bonds. The summed E-state index contributed by atoms with van der Waals surface area (Å²) >= 11 is 0. The minimum Gasteiger partial charge on any atom is -0.454 e. The molecule has 0 saturated heterocycles. The molecule has 7 heteroatoms. The summed E-state index contributed by atoms with van der Waals surface area (Å²) in [5, 5.41) is 7.71. The second-order valence-electron chi connectivity index (χ2n) is 13.8. The smallest absolute Gasteiger partial charge is 0.332 e. The van der Waals surface area contributed by atoms with E-state index in [1.165, 1.54) is 16.3 Å². The lowest BCUT2D eigenvalue weighted by atomic mass is 9.45. The van der Waals surface area contributed by atoms with Crippen LogP contribution in [0.2, 0.25) is 0 Å². The third kappa shape index (κ3) is 4.47. The molecule has 0 bridgehead atoms. The Morgan fingerprint density at radius 1 is 0.528 bits per heavy atom. The summed E-state index contributed by atoms with van der Waals surface area (Å²) in [6.45, 7) is -0.333. The van der Waals surface area contributed by atoms with Crippen molar-refractivity contribution in [1.82, 2.24) is 9.97 Å². The van der Waals surface area contributed by atoms with E-state index >= 15 is 0 Å². The summed E-state index contributed by atoms with van der Waals surface area (Å²) in [7, 11) is 12.5. The number of hydrogen-bond donors (Lipinski definition) is 0. The third-order valence-electron chi connectivity index (χ3n) is 10.8. The van der Waals surface area contributed by atoms with Crippen molar-refractivity contribution in [1.29, 1.82) is 0 Å². The number of furan rings is 1. The molecular formula is C46H26B3N3O. The Morgan fingerprint density at radius 3 is 1.96 bits per heavy atom. The molecule has 4 nitrogen and oxygen atoms in total. The van der Waals surface area contributed by atoms with Crippen LogP contribution < -0.4 is 26.7 Å². The number of para-hydroxylation sites is 2. The van der Waals surface area contributed by atoms with E-state index in [1.807, 2.05) is 54.6 Å². The van der Waals surface area contributed by atoms with Gasteiger partial charge in [0.2, 0.25) is 5.95 Å². The Kier molecular flexibility index (Phi) is 6.50. The first-order valence-electron chi connectivity index (χ1n) is 17.8. The molecule has 0 atom stereocenters. The molecule has 240 valence electrons. The van der Waals surface area contributed by atoms with Gasteiger partial charge in [0, 0.05) is 27.3 Å². The highest BCUT2D eigenvalue weighted by Gasteiger charge is 2.42. The van der Waals surface area contributed by atoms with Crippen molar-refractivity contribution in [3.63, 3.8) is 0 Å². The topological polar surface area (TPSA) is 42.2 Å². The second-order valence-corrected chi connectivity index (χ2v) is 13.8. The lowest BCUT2D eigenvalue weighted by molar-refractivity contribution is 0.669. The zero-order valence-corrected chi connectivity index (χ0v) is 28.5. The van der Waals surface area contributed by atoms with Gasteiger partial charge in [-0.1, -0.05) is 162 Å². The first-order chi connectivity index (χ1) is 26.1. The molecule has 53 heavy (non-hydrogen) atoms. The van der Waals surface area contributed by atoms with Gasteiger partial charge in [0.1, 0.15) is 21.3 Å².